The number of nitrogens with one attached hydrogen (secondary N) is 1. The number of nitrogens with zero attached hydrogens (tertiary/aromatic N) is 6. The van der Waals surface area contributed by atoms with E-state index in [9.17, 15) is 22.4 Å². The summed E-state index contributed by atoms with van der Waals surface area (Å²) in [4.78, 5) is 31.8. The summed E-state index contributed by atoms with van der Waals surface area (Å²) in [6, 6.07) is 9.09. The van der Waals surface area contributed by atoms with Crippen LogP contribution in [-0.4, -0.2) is 89.2 Å². The van der Waals surface area contributed by atoms with E-state index in [-0.39, 0.29) is 20.4 Å². The number of hydrogen-bond donors (Lipinski definition) is 1. The second-order valence-corrected chi connectivity index (χ2v) is 10.8. The first kappa shape index (κ1) is 31.6. The van der Waals surface area contributed by atoms with Crippen LogP contribution in [0, 0.1) is 0 Å². The number of halogens is 4. The summed E-state index contributed by atoms with van der Waals surface area (Å²) in [5.41, 5.74) is 1.50. The fourth-order valence-corrected chi connectivity index (χ4v) is 5.28. The molecule has 0 bridgehead atoms. The number of rotatable bonds is 12. The molecule has 1 aromatic carbocycles. The van der Waals surface area contributed by atoms with Crippen LogP contribution in [0.4, 0.5) is 23.4 Å². The van der Waals surface area contributed by atoms with Crippen LogP contribution < -0.4 is 10.2 Å². The molecule has 1 saturated heterocycles. The lowest BCUT2D eigenvalue weighted by molar-refractivity contribution is -0.145. The van der Waals surface area contributed by atoms with Gasteiger partial charge < -0.3 is 10.2 Å². The molecule has 3 heterocycles. The number of aromatic nitrogens is 3. The maximum absolute atomic E-state index is 13.5. The lowest BCUT2D eigenvalue weighted by Crippen LogP contribution is -2.49. The fraction of sp³-hybridized carbons (Fsp3) is 0.533. The van der Waals surface area contributed by atoms with Crippen molar-refractivity contribution in [3.63, 3.8) is 0 Å². The van der Waals surface area contributed by atoms with Gasteiger partial charge in [-0.2, -0.15) is 13.2 Å². The van der Waals surface area contributed by atoms with Crippen molar-refractivity contribution in [3.8, 4) is 0 Å². The van der Waals surface area contributed by atoms with Gasteiger partial charge in [0.05, 0.1) is 11.6 Å². The van der Waals surface area contributed by atoms with Gasteiger partial charge in [0.2, 0.25) is 5.82 Å². The summed E-state index contributed by atoms with van der Waals surface area (Å²) < 4.78 is 52.7. The third kappa shape index (κ3) is 7.71. The van der Waals surface area contributed by atoms with Crippen molar-refractivity contribution in [2.75, 3.05) is 57.4 Å². The molecule has 1 aliphatic rings. The Hall–Kier alpha value is -3.38. The number of amides is 1. The number of carbonyl (C=O) groups is 1. The van der Waals surface area contributed by atoms with E-state index in [1.807, 2.05) is 30.0 Å². The molecule has 0 radical (unpaired) electrons. The third-order valence-corrected chi connectivity index (χ3v) is 7.71. The lowest BCUT2D eigenvalue weighted by Gasteiger charge is -2.37. The van der Waals surface area contributed by atoms with Crippen LogP contribution in [0.25, 0.3) is 10.9 Å². The van der Waals surface area contributed by atoms with Crippen molar-refractivity contribution < 1.29 is 23.8 Å². The number of benzene rings is 1. The van der Waals surface area contributed by atoms with Gasteiger partial charge in [-0.05, 0) is 51.1 Å². The van der Waals surface area contributed by atoms with E-state index >= 15 is 0 Å². The number of anilines is 1. The SMILES string of the molecule is CCCCN(CCF)C(CNC(=O)c1cccc2nc(N3CCN(C(C)C)CC3)ccc12)c1cnc(C(F)(F)F)nc1.[HH]. The highest BCUT2D eigenvalue weighted by Gasteiger charge is 2.35. The molecule has 230 valence electrons. The minimum atomic E-state index is -4.67. The van der Waals surface area contributed by atoms with E-state index < -0.39 is 24.7 Å². The average molecular weight is 592 g/mol. The lowest BCUT2D eigenvalue weighted by atomic mass is 10.1. The Labute approximate surface area is 245 Å². The number of pyridine rings is 1. The molecule has 0 saturated carbocycles. The van der Waals surface area contributed by atoms with Crippen LogP contribution in [0.1, 0.15) is 62.8 Å². The Morgan fingerprint density at radius 2 is 1.79 bits per heavy atom. The summed E-state index contributed by atoms with van der Waals surface area (Å²) in [6.45, 7) is 10.0. The monoisotopic (exact) mass is 591 g/mol. The number of hydrogen-bond acceptors (Lipinski definition) is 7. The number of carbonyl (C=O) groups excluding carboxylic acids is 1. The van der Waals surface area contributed by atoms with Gasteiger partial charge in [0.1, 0.15) is 12.5 Å². The molecule has 0 spiro atoms. The molecule has 12 heteroatoms. The van der Waals surface area contributed by atoms with Crippen LogP contribution in [-0.2, 0) is 6.18 Å². The van der Waals surface area contributed by atoms with Crippen LogP contribution in [0.2, 0.25) is 0 Å². The van der Waals surface area contributed by atoms with Crippen LogP contribution >= 0.6 is 0 Å². The molecule has 1 fully saturated rings. The van der Waals surface area contributed by atoms with Crippen LogP contribution in [0.5, 0.6) is 0 Å². The molecule has 42 heavy (non-hydrogen) atoms. The molecule has 1 atom stereocenters. The van der Waals surface area contributed by atoms with Crippen LogP contribution in [0.15, 0.2) is 42.7 Å². The average Bonchev–Trinajstić information content (AvgIpc) is 2.99. The summed E-state index contributed by atoms with van der Waals surface area (Å²) in [7, 11) is 0. The highest BCUT2D eigenvalue weighted by molar-refractivity contribution is 6.06. The maximum atomic E-state index is 13.5. The second kappa shape index (κ2) is 14.2. The summed E-state index contributed by atoms with van der Waals surface area (Å²) in [5, 5.41) is 3.61. The summed E-state index contributed by atoms with van der Waals surface area (Å²) in [6.07, 6.45) is -0.852. The molecule has 1 unspecified atom stereocenters. The van der Waals surface area contributed by atoms with Crippen molar-refractivity contribution in [2.24, 2.45) is 0 Å². The Bertz CT molecular complexity index is 1320. The van der Waals surface area contributed by atoms with Gasteiger partial charge in [-0.25, -0.2) is 19.3 Å². The van der Waals surface area contributed by atoms with Gasteiger partial charge >= 0.3 is 6.18 Å². The van der Waals surface area contributed by atoms with Crippen molar-refractivity contribution in [1.29, 1.82) is 0 Å². The zero-order valence-corrected chi connectivity index (χ0v) is 24.4. The predicted molar refractivity (Wildman–Crippen MR) is 157 cm³/mol. The van der Waals surface area contributed by atoms with Gasteiger partial charge in [-0.15, -0.1) is 0 Å². The molecule has 8 nitrogen and oxygen atoms in total. The molecule has 3 aromatic rings. The Balaban J connectivity index is 0.00000506. The largest absolute Gasteiger partial charge is 0.451 e. The van der Waals surface area contributed by atoms with Gasteiger partial charge in [0, 0.05) is 75.6 Å². The van der Waals surface area contributed by atoms with Crippen molar-refractivity contribution in [1.82, 2.24) is 30.1 Å². The van der Waals surface area contributed by atoms with Gasteiger partial charge in [-0.1, -0.05) is 19.4 Å². The summed E-state index contributed by atoms with van der Waals surface area (Å²) in [5.74, 6) is -0.734. The summed E-state index contributed by atoms with van der Waals surface area (Å²) >= 11 is 0. The third-order valence-electron chi connectivity index (χ3n) is 7.71. The van der Waals surface area contributed by atoms with E-state index in [4.69, 9.17) is 4.98 Å². The molecule has 1 aliphatic heterocycles. The molecule has 1 amide bonds. The van der Waals surface area contributed by atoms with E-state index in [1.165, 1.54) is 0 Å². The van der Waals surface area contributed by atoms with Gasteiger partial charge in [0.15, 0.2) is 0 Å². The Kier molecular flexibility index (Phi) is 10.7. The topological polar surface area (TPSA) is 77.5 Å². The second-order valence-electron chi connectivity index (χ2n) is 10.8. The predicted octanol–water partition coefficient (Wildman–Crippen LogP) is 5.36. The van der Waals surface area contributed by atoms with Crippen molar-refractivity contribution in [2.45, 2.75) is 51.9 Å². The van der Waals surface area contributed by atoms with Gasteiger partial charge in [0.25, 0.3) is 5.91 Å². The zero-order valence-electron chi connectivity index (χ0n) is 24.4. The minimum Gasteiger partial charge on any atom is -0.354 e. The first-order chi connectivity index (χ1) is 20.1. The molecule has 2 aromatic heterocycles. The highest BCUT2D eigenvalue weighted by Crippen LogP contribution is 2.28. The fourth-order valence-electron chi connectivity index (χ4n) is 5.28. The Morgan fingerprint density at radius 1 is 1.07 bits per heavy atom. The molecular formula is C30H41F4N7O. The quantitative estimate of drug-likeness (QED) is 0.284. The number of piperazine rings is 1. The maximum Gasteiger partial charge on any atom is 0.451 e. The van der Waals surface area contributed by atoms with E-state index in [0.29, 0.717) is 34.6 Å². The Morgan fingerprint density at radius 3 is 2.40 bits per heavy atom. The smallest absolute Gasteiger partial charge is 0.354 e. The zero-order chi connectivity index (χ0) is 30.3. The standard InChI is InChI=1S/C30H39F4N7O.H2/c1-4-5-12-40(13-11-31)26(22-18-36-29(37-19-22)30(32,33)34)20-35-28(42)24-7-6-8-25-23(24)9-10-27(38-25)41-16-14-39(15-17-41)21(2)3;/h6-10,18-19,21,26H,4-5,11-17,20H2,1-3H3,(H,35,42);1H. The normalized spacial score (nSPS) is 15.5. The molecular weight excluding hydrogens is 550 g/mol. The number of unbranched alkanes of at least 4 members (excludes halogenated alkanes) is 1. The van der Waals surface area contributed by atoms with E-state index in [0.717, 1.165) is 57.2 Å². The van der Waals surface area contributed by atoms with Crippen molar-refractivity contribution >= 4 is 22.6 Å². The van der Waals surface area contributed by atoms with Crippen LogP contribution in [0.3, 0.4) is 0 Å². The van der Waals surface area contributed by atoms with E-state index in [1.54, 1.807) is 12.1 Å². The first-order valence-corrected chi connectivity index (χ1v) is 14.5. The van der Waals surface area contributed by atoms with Crippen molar-refractivity contribution in [3.05, 3.63) is 59.7 Å². The van der Waals surface area contributed by atoms with Gasteiger partial charge in [-0.3, -0.25) is 14.6 Å². The minimum absolute atomic E-state index is 0. The first-order valence-electron chi connectivity index (χ1n) is 14.5. The highest BCUT2D eigenvalue weighted by atomic mass is 19.4. The van der Waals surface area contributed by atoms with E-state index in [2.05, 4.69) is 38.9 Å². The number of alkyl halides is 4. The molecule has 4 rings (SSSR count). The number of fused-ring (bicyclic) bond motifs is 1. The molecule has 1 N–H and O–H groups in total. The molecule has 0 aliphatic carbocycles.